The molecule has 1 unspecified atom stereocenters. The monoisotopic (exact) mass is 288 g/mol. The summed E-state index contributed by atoms with van der Waals surface area (Å²) >= 11 is 0. The van der Waals surface area contributed by atoms with Crippen molar-refractivity contribution in [3.63, 3.8) is 0 Å². The smallest absolute Gasteiger partial charge is 0.219 e. The highest BCUT2D eigenvalue weighted by atomic mass is 16.3. The SMILES string of the molecule is CC(=O)N1CCC(O)(c2ccccc2)[C@H](N2CCCC2)C1. The summed E-state index contributed by atoms with van der Waals surface area (Å²) in [6, 6.07) is 9.94. The molecule has 1 amide bonds. The Kier molecular flexibility index (Phi) is 4.00. The fourth-order valence-electron chi connectivity index (χ4n) is 3.74. The molecular formula is C17H24N2O2. The third-order valence-corrected chi connectivity index (χ3v) is 5.01. The Morgan fingerprint density at radius 3 is 2.48 bits per heavy atom. The lowest BCUT2D eigenvalue weighted by Gasteiger charge is -2.48. The van der Waals surface area contributed by atoms with Crippen molar-refractivity contribution >= 4 is 5.91 Å². The van der Waals surface area contributed by atoms with Crippen molar-refractivity contribution in [2.75, 3.05) is 26.2 Å². The summed E-state index contributed by atoms with van der Waals surface area (Å²) in [6.07, 6.45) is 2.97. The first-order chi connectivity index (χ1) is 10.1. The predicted molar refractivity (Wildman–Crippen MR) is 81.8 cm³/mol. The summed E-state index contributed by atoms with van der Waals surface area (Å²) in [5, 5.41) is 11.4. The molecule has 2 fully saturated rings. The molecule has 0 radical (unpaired) electrons. The van der Waals surface area contributed by atoms with Crippen LogP contribution in [0.1, 0.15) is 31.7 Å². The van der Waals surface area contributed by atoms with Gasteiger partial charge in [-0.15, -0.1) is 0 Å². The van der Waals surface area contributed by atoms with Gasteiger partial charge in [-0.05, 0) is 37.9 Å². The minimum Gasteiger partial charge on any atom is -0.383 e. The molecule has 2 aliphatic rings. The van der Waals surface area contributed by atoms with E-state index in [-0.39, 0.29) is 11.9 Å². The van der Waals surface area contributed by atoms with Crippen molar-refractivity contribution in [2.45, 2.75) is 37.8 Å². The second kappa shape index (κ2) is 5.78. The summed E-state index contributed by atoms with van der Waals surface area (Å²) in [7, 11) is 0. The largest absolute Gasteiger partial charge is 0.383 e. The minimum absolute atomic E-state index is 0.0000463. The number of carbonyl (C=O) groups is 1. The molecule has 0 aromatic heterocycles. The number of amides is 1. The Morgan fingerprint density at radius 2 is 1.86 bits per heavy atom. The molecule has 3 rings (SSSR count). The average molecular weight is 288 g/mol. The van der Waals surface area contributed by atoms with Crippen LogP contribution >= 0.6 is 0 Å². The molecule has 4 nitrogen and oxygen atoms in total. The maximum absolute atomic E-state index is 11.7. The number of hydrogen-bond acceptors (Lipinski definition) is 3. The lowest BCUT2D eigenvalue weighted by Crippen LogP contribution is -2.60. The van der Waals surface area contributed by atoms with E-state index < -0.39 is 5.60 Å². The van der Waals surface area contributed by atoms with Crippen LogP contribution in [0.3, 0.4) is 0 Å². The Bertz CT molecular complexity index is 499. The van der Waals surface area contributed by atoms with Crippen LogP contribution in [0.25, 0.3) is 0 Å². The first kappa shape index (κ1) is 14.5. The molecule has 0 saturated carbocycles. The lowest BCUT2D eigenvalue weighted by atomic mass is 9.79. The van der Waals surface area contributed by atoms with Gasteiger partial charge in [-0.2, -0.15) is 0 Å². The van der Waals surface area contributed by atoms with E-state index in [2.05, 4.69) is 4.90 Å². The summed E-state index contributed by atoms with van der Waals surface area (Å²) in [6.45, 7) is 4.91. The zero-order chi connectivity index (χ0) is 14.9. The second-order valence-electron chi connectivity index (χ2n) is 6.26. The van der Waals surface area contributed by atoms with Gasteiger partial charge in [-0.3, -0.25) is 9.69 Å². The fourth-order valence-corrected chi connectivity index (χ4v) is 3.74. The quantitative estimate of drug-likeness (QED) is 0.899. The topological polar surface area (TPSA) is 43.8 Å². The molecule has 1 N–H and O–H groups in total. The summed E-state index contributed by atoms with van der Waals surface area (Å²) < 4.78 is 0. The number of carbonyl (C=O) groups excluding carboxylic acids is 1. The number of nitrogens with zero attached hydrogens (tertiary/aromatic N) is 2. The standard InChI is InChI=1S/C17H24N2O2/c1-14(20)19-12-9-17(21,15-7-3-2-4-8-15)16(13-19)18-10-5-6-11-18/h2-4,7-8,16,21H,5-6,9-13H2,1H3/t16-,17?/m1/s1. The van der Waals surface area contributed by atoms with Gasteiger partial charge in [0.1, 0.15) is 5.60 Å². The summed E-state index contributed by atoms with van der Waals surface area (Å²) in [4.78, 5) is 16.0. The Labute approximate surface area is 126 Å². The van der Waals surface area contributed by atoms with Crippen molar-refractivity contribution in [1.82, 2.24) is 9.80 Å². The molecule has 0 bridgehead atoms. The molecule has 2 saturated heterocycles. The molecule has 114 valence electrons. The van der Waals surface area contributed by atoms with Crippen molar-refractivity contribution in [3.05, 3.63) is 35.9 Å². The Hall–Kier alpha value is -1.39. The molecule has 0 spiro atoms. The van der Waals surface area contributed by atoms with Crippen LogP contribution in [0.4, 0.5) is 0 Å². The van der Waals surface area contributed by atoms with Crippen LogP contribution in [-0.4, -0.2) is 53.0 Å². The second-order valence-corrected chi connectivity index (χ2v) is 6.26. The lowest BCUT2D eigenvalue weighted by molar-refractivity contribution is -0.140. The van der Waals surface area contributed by atoms with Crippen LogP contribution in [0, 0.1) is 0 Å². The summed E-state index contributed by atoms with van der Waals surface area (Å²) in [5.41, 5.74) is 0.127. The van der Waals surface area contributed by atoms with Gasteiger partial charge in [0.15, 0.2) is 0 Å². The van der Waals surface area contributed by atoms with Crippen LogP contribution < -0.4 is 0 Å². The maximum Gasteiger partial charge on any atom is 0.219 e. The molecule has 21 heavy (non-hydrogen) atoms. The van der Waals surface area contributed by atoms with E-state index in [0.29, 0.717) is 19.5 Å². The number of rotatable bonds is 2. The molecule has 2 heterocycles. The molecular weight excluding hydrogens is 264 g/mol. The zero-order valence-corrected chi connectivity index (χ0v) is 12.7. The Morgan fingerprint density at radius 1 is 1.19 bits per heavy atom. The van der Waals surface area contributed by atoms with E-state index in [0.717, 1.165) is 18.7 Å². The third-order valence-electron chi connectivity index (χ3n) is 5.01. The van der Waals surface area contributed by atoms with E-state index in [1.165, 1.54) is 12.8 Å². The van der Waals surface area contributed by atoms with Crippen molar-refractivity contribution in [1.29, 1.82) is 0 Å². The number of benzene rings is 1. The molecule has 2 aliphatic heterocycles. The number of hydrogen-bond donors (Lipinski definition) is 1. The van der Waals surface area contributed by atoms with Crippen LogP contribution in [0.15, 0.2) is 30.3 Å². The predicted octanol–water partition coefficient (Wildman–Crippen LogP) is 1.59. The first-order valence-corrected chi connectivity index (χ1v) is 7.89. The molecule has 4 heteroatoms. The number of aliphatic hydroxyl groups is 1. The highest BCUT2D eigenvalue weighted by molar-refractivity contribution is 5.73. The van der Waals surface area contributed by atoms with Gasteiger partial charge in [0.2, 0.25) is 5.91 Å². The van der Waals surface area contributed by atoms with Gasteiger partial charge in [0.25, 0.3) is 0 Å². The zero-order valence-electron chi connectivity index (χ0n) is 12.7. The summed E-state index contributed by atoms with van der Waals surface area (Å²) in [5.74, 6) is 0.106. The van der Waals surface area contributed by atoms with Crippen LogP contribution in [0.5, 0.6) is 0 Å². The number of likely N-dealkylation sites (tertiary alicyclic amines) is 2. The van der Waals surface area contributed by atoms with Gasteiger partial charge in [0.05, 0.1) is 6.04 Å². The normalized spacial score (nSPS) is 30.6. The van der Waals surface area contributed by atoms with Gasteiger partial charge >= 0.3 is 0 Å². The van der Waals surface area contributed by atoms with Gasteiger partial charge in [0, 0.05) is 20.0 Å². The first-order valence-electron chi connectivity index (χ1n) is 7.89. The van der Waals surface area contributed by atoms with Gasteiger partial charge in [-0.1, -0.05) is 30.3 Å². The van der Waals surface area contributed by atoms with Gasteiger partial charge < -0.3 is 10.0 Å². The van der Waals surface area contributed by atoms with E-state index in [1.54, 1.807) is 6.92 Å². The fraction of sp³-hybridized carbons (Fsp3) is 0.588. The molecule has 0 aliphatic carbocycles. The average Bonchev–Trinajstić information content (AvgIpc) is 3.02. The van der Waals surface area contributed by atoms with Crippen LogP contribution in [0.2, 0.25) is 0 Å². The highest BCUT2D eigenvalue weighted by Gasteiger charge is 2.46. The third kappa shape index (κ3) is 2.70. The Balaban J connectivity index is 1.91. The van der Waals surface area contributed by atoms with Gasteiger partial charge in [-0.25, -0.2) is 0 Å². The van der Waals surface area contributed by atoms with E-state index in [1.807, 2.05) is 35.2 Å². The minimum atomic E-state index is -0.850. The van der Waals surface area contributed by atoms with E-state index in [4.69, 9.17) is 0 Å². The number of piperidine rings is 1. The maximum atomic E-state index is 11.7. The van der Waals surface area contributed by atoms with Crippen molar-refractivity contribution in [3.8, 4) is 0 Å². The molecule has 1 aromatic rings. The van der Waals surface area contributed by atoms with Crippen LogP contribution in [-0.2, 0) is 10.4 Å². The molecule has 2 atom stereocenters. The highest BCUT2D eigenvalue weighted by Crippen LogP contribution is 2.37. The van der Waals surface area contributed by atoms with E-state index in [9.17, 15) is 9.90 Å². The van der Waals surface area contributed by atoms with Crippen molar-refractivity contribution < 1.29 is 9.90 Å². The van der Waals surface area contributed by atoms with E-state index >= 15 is 0 Å². The van der Waals surface area contributed by atoms with Crippen molar-refractivity contribution in [2.24, 2.45) is 0 Å². The molecule has 1 aromatic carbocycles.